The van der Waals surface area contributed by atoms with Crippen LogP contribution in [0.15, 0.2) is 23.2 Å². The minimum atomic E-state index is -0.0702. The number of aryl methyl sites for hydroxylation is 1. The van der Waals surface area contributed by atoms with Gasteiger partial charge in [-0.1, -0.05) is 6.07 Å². The van der Waals surface area contributed by atoms with Crippen molar-refractivity contribution in [2.75, 3.05) is 20.2 Å². The molecule has 2 N–H and O–H groups in total. The van der Waals surface area contributed by atoms with E-state index < -0.39 is 0 Å². The zero-order valence-electron chi connectivity index (χ0n) is 12.6. The molecule has 5 heteroatoms. The van der Waals surface area contributed by atoms with Gasteiger partial charge in [-0.15, -0.1) is 0 Å². The van der Waals surface area contributed by atoms with Crippen LogP contribution in [0.5, 0.6) is 0 Å². The van der Waals surface area contributed by atoms with Crippen LogP contribution in [0.2, 0.25) is 0 Å². The summed E-state index contributed by atoms with van der Waals surface area (Å²) < 4.78 is 5.76. The van der Waals surface area contributed by atoms with E-state index in [-0.39, 0.29) is 5.60 Å². The van der Waals surface area contributed by atoms with Gasteiger partial charge in [0.15, 0.2) is 5.96 Å². The zero-order valence-corrected chi connectivity index (χ0v) is 12.6. The lowest BCUT2D eigenvalue weighted by molar-refractivity contribution is 0.0243. The summed E-state index contributed by atoms with van der Waals surface area (Å²) in [6, 6.07) is 6.02. The number of guanidine groups is 1. The first-order valence-electron chi connectivity index (χ1n) is 7.12. The smallest absolute Gasteiger partial charge is 0.191 e. The molecule has 2 heterocycles. The summed E-state index contributed by atoms with van der Waals surface area (Å²) in [5.41, 5.74) is 1.97. The second-order valence-corrected chi connectivity index (χ2v) is 5.45. The number of nitrogens with zero attached hydrogens (tertiary/aromatic N) is 2. The van der Waals surface area contributed by atoms with Crippen LogP contribution >= 0.6 is 0 Å². The summed E-state index contributed by atoms with van der Waals surface area (Å²) in [4.78, 5) is 8.69. The first-order valence-corrected chi connectivity index (χ1v) is 7.12. The van der Waals surface area contributed by atoms with Crippen molar-refractivity contribution >= 4 is 5.96 Å². The van der Waals surface area contributed by atoms with Crippen molar-refractivity contribution in [3.63, 3.8) is 0 Å². The Bertz CT molecular complexity index is 467. The van der Waals surface area contributed by atoms with E-state index in [1.165, 1.54) is 0 Å². The molecule has 20 heavy (non-hydrogen) atoms. The van der Waals surface area contributed by atoms with E-state index in [1.807, 2.05) is 25.1 Å². The Morgan fingerprint density at radius 1 is 1.45 bits per heavy atom. The number of hydrogen-bond acceptors (Lipinski definition) is 3. The monoisotopic (exact) mass is 276 g/mol. The third-order valence-corrected chi connectivity index (χ3v) is 3.54. The van der Waals surface area contributed by atoms with Crippen LogP contribution in [0.3, 0.4) is 0 Å². The van der Waals surface area contributed by atoms with E-state index in [0.717, 1.165) is 43.3 Å². The molecule has 2 rings (SSSR count). The molecule has 0 saturated carbocycles. The molecule has 1 atom stereocenters. The summed E-state index contributed by atoms with van der Waals surface area (Å²) in [6.07, 6.45) is 2.23. The van der Waals surface area contributed by atoms with Crippen LogP contribution in [0.25, 0.3) is 0 Å². The predicted octanol–water partition coefficient (Wildman–Crippen LogP) is 1.62. The van der Waals surface area contributed by atoms with E-state index >= 15 is 0 Å². The molecule has 1 aliphatic rings. The van der Waals surface area contributed by atoms with Crippen LogP contribution in [-0.2, 0) is 11.3 Å². The third-order valence-electron chi connectivity index (χ3n) is 3.54. The lowest BCUT2D eigenvalue weighted by Gasteiger charge is -2.24. The second-order valence-electron chi connectivity index (χ2n) is 5.45. The standard InChI is InChI=1S/C15H24N4O/c1-12-6-4-7-13(19-12)10-17-14(16-3)18-11-15(2)8-5-9-20-15/h4,6-7H,5,8-11H2,1-3H3,(H2,16,17,18). The third kappa shape index (κ3) is 4.20. The van der Waals surface area contributed by atoms with Gasteiger partial charge in [0.2, 0.25) is 0 Å². The van der Waals surface area contributed by atoms with Crippen molar-refractivity contribution < 1.29 is 4.74 Å². The minimum absolute atomic E-state index is 0.0702. The van der Waals surface area contributed by atoms with Crippen molar-refractivity contribution in [3.05, 3.63) is 29.6 Å². The Labute approximate surface area is 120 Å². The van der Waals surface area contributed by atoms with Gasteiger partial charge >= 0.3 is 0 Å². The van der Waals surface area contributed by atoms with Gasteiger partial charge in [-0.25, -0.2) is 0 Å². The average molecular weight is 276 g/mol. The maximum absolute atomic E-state index is 5.76. The topological polar surface area (TPSA) is 58.5 Å². The van der Waals surface area contributed by atoms with E-state index in [0.29, 0.717) is 6.54 Å². The van der Waals surface area contributed by atoms with Gasteiger partial charge in [0.1, 0.15) is 0 Å². The highest BCUT2D eigenvalue weighted by Gasteiger charge is 2.29. The van der Waals surface area contributed by atoms with Gasteiger partial charge in [0.25, 0.3) is 0 Å². The Hall–Kier alpha value is -1.62. The van der Waals surface area contributed by atoms with E-state index in [9.17, 15) is 0 Å². The SMILES string of the molecule is CN=C(NCc1cccc(C)n1)NCC1(C)CCCO1. The Morgan fingerprint density at radius 2 is 2.30 bits per heavy atom. The van der Waals surface area contributed by atoms with Gasteiger partial charge in [-0.05, 0) is 38.8 Å². The molecular weight excluding hydrogens is 252 g/mol. The van der Waals surface area contributed by atoms with Crippen molar-refractivity contribution in [2.45, 2.75) is 38.8 Å². The molecular formula is C15H24N4O. The number of aromatic nitrogens is 1. The summed E-state index contributed by atoms with van der Waals surface area (Å²) in [5, 5.41) is 6.60. The summed E-state index contributed by atoms with van der Waals surface area (Å²) in [7, 11) is 1.77. The van der Waals surface area contributed by atoms with Crippen molar-refractivity contribution in [1.29, 1.82) is 0 Å². The Morgan fingerprint density at radius 3 is 2.95 bits per heavy atom. The highest BCUT2D eigenvalue weighted by Crippen LogP contribution is 2.23. The summed E-state index contributed by atoms with van der Waals surface area (Å²) >= 11 is 0. The minimum Gasteiger partial charge on any atom is -0.373 e. The largest absolute Gasteiger partial charge is 0.373 e. The molecule has 1 aliphatic heterocycles. The maximum atomic E-state index is 5.76. The predicted molar refractivity (Wildman–Crippen MR) is 80.8 cm³/mol. The molecule has 0 aliphatic carbocycles. The summed E-state index contributed by atoms with van der Waals surface area (Å²) in [6.45, 7) is 6.43. The first-order chi connectivity index (χ1) is 9.61. The highest BCUT2D eigenvalue weighted by molar-refractivity contribution is 5.79. The number of rotatable bonds is 4. The van der Waals surface area contributed by atoms with E-state index in [2.05, 4.69) is 27.5 Å². The Balaban J connectivity index is 1.81. The second kappa shape index (κ2) is 6.70. The van der Waals surface area contributed by atoms with Gasteiger partial charge < -0.3 is 15.4 Å². The number of ether oxygens (including phenoxy) is 1. The molecule has 5 nitrogen and oxygen atoms in total. The van der Waals surface area contributed by atoms with Crippen LogP contribution in [-0.4, -0.2) is 36.7 Å². The normalized spacial score (nSPS) is 22.9. The van der Waals surface area contributed by atoms with Crippen LogP contribution in [0.1, 0.15) is 31.2 Å². The lowest BCUT2D eigenvalue weighted by Crippen LogP contribution is -2.45. The van der Waals surface area contributed by atoms with Crippen LogP contribution < -0.4 is 10.6 Å². The van der Waals surface area contributed by atoms with Crippen molar-refractivity contribution in [2.24, 2.45) is 4.99 Å². The van der Waals surface area contributed by atoms with Gasteiger partial charge in [-0.2, -0.15) is 0 Å². The van der Waals surface area contributed by atoms with Crippen molar-refractivity contribution in [3.8, 4) is 0 Å². The molecule has 0 amide bonds. The fourth-order valence-electron chi connectivity index (χ4n) is 2.34. The van der Waals surface area contributed by atoms with Gasteiger partial charge in [0.05, 0.1) is 17.8 Å². The molecule has 0 spiro atoms. The molecule has 0 radical (unpaired) electrons. The average Bonchev–Trinajstić information content (AvgIpc) is 2.86. The number of pyridine rings is 1. The lowest BCUT2D eigenvalue weighted by atomic mass is 10.0. The molecule has 1 saturated heterocycles. The van der Waals surface area contributed by atoms with E-state index in [4.69, 9.17) is 4.74 Å². The first kappa shape index (κ1) is 14.8. The molecule has 1 aromatic rings. The number of aliphatic imine (C=N–C) groups is 1. The molecule has 0 bridgehead atoms. The quantitative estimate of drug-likeness (QED) is 0.648. The van der Waals surface area contributed by atoms with E-state index in [1.54, 1.807) is 7.05 Å². The van der Waals surface area contributed by atoms with Crippen LogP contribution in [0, 0.1) is 6.92 Å². The van der Waals surface area contributed by atoms with Gasteiger partial charge in [0, 0.05) is 25.9 Å². The van der Waals surface area contributed by atoms with Crippen molar-refractivity contribution in [1.82, 2.24) is 15.6 Å². The molecule has 1 unspecified atom stereocenters. The molecule has 0 aromatic carbocycles. The Kier molecular flexibility index (Phi) is 4.95. The van der Waals surface area contributed by atoms with Gasteiger partial charge in [-0.3, -0.25) is 9.98 Å². The fourth-order valence-corrected chi connectivity index (χ4v) is 2.34. The highest BCUT2D eigenvalue weighted by atomic mass is 16.5. The molecule has 110 valence electrons. The molecule has 1 aromatic heterocycles. The number of nitrogens with one attached hydrogen (secondary N) is 2. The van der Waals surface area contributed by atoms with Crippen LogP contribution in [0.4, 0.5) is 0 Å². The maximum Gasteiger partial charge on any atom is 0.191 e. The summed E-state index contributed by atoms with van der Waals surface area (Å²) in [5.74, 6) is 0.782. The number of hydrogen-bond donors (Lipinski definition) is 2. The zero-order chi connectivity index (χ0) is 14.4. The molecule has 1 fully saturated rings. The fraction of sp³-hybridized carbons (Fsp3) is 0.600.